The van der Waals surface area contributed by atoms with Crippen LogP contribution in [-0.4, -0.2) is 29.5 Å². The van der Waals surface area contributed by atoms with E-state index >= 15 is 0 Å². The van der Waals surface area contributed by atoms with Gasteiger partial charge in [0.05, 0.1) is 13.2 Å². The van der Waals surface area contributed by atoms with Crippen LogP contribution in [0.1, 0.15) is 18.9 Å². The van der Waals surface area contributed by atoms with E-state index in [4.69, 9.17) is 10.5 Å². The monoisotopic (exact) mass is 225 g/mol. The molecule has 0 aliphatic rings. The van der Waals surface area contributed by atoms with Gasteiger partial charge in [-0.15, -0.1) is 0 Å². The summed E-state index contributed by atoms with van der Waals surface area (Å²) in [5.41, 5.74) is 6.32. The van der Waals surface area contributed by atoms with Crippen molar-refractivity contribution in [2.45, 2.75) is 31.9 Å². The first-order valence-corrected chi connectivity index (χ1v) is 5.34. The van der Waals surface area contributed by atoms with Gasteiger partial charge < -0.3 is 20.7 Å². The molecule has 4 heteroatoms. The summed E-state index contributed by atoms with van der Waals surface area (Å²) in [5.74, 6) is 0.592. The van der Waals surface area contributed by atoms with Crippen LogP contribution in [0.5, 0.6) is 11.5 Å². The molecule has 4 nitrogen and oxygen atoms in total. The fourth-order valence-electron chi connectivity index (χ4n) is 1.50. The summed E-state index contributed by atoms with van der Waals surface area (Å²) in [4.78, 5) is 0. The molecule has 0 aliphatic carbocycles. The number of para-hydroxylation sites is 1. The molecule has 0 saturated heterocycles. The summed E-state index contributed by atoms with van der Waals surface area (Å²) in [5, 5.41) is 19.4. The van der Waals surface area contributed by atoms with E-state index < -0.39 is 6.10 Å². The van der Waals surface area contributed by atoms with Crippen LogP contribution in [0.3, 0.4) is 0 Å². The minimum absolute atomic E-state index is 0.141. The second-order valence-electron chi connectivity index (χ2n) is 3.93. The maximum Gasteiger partial charge on any atom is 0.160 e. The van der Waals surface area contributed by atoms with Crippen molar-refractivity contribution in [3.63, 3.8) is 0 Å². The molecule has 0 heterocycles. The summed E-state index contributed by atoms with van der Waals surface area (Å²) in [7, 11) is 1.51. The van der Waals surface area contributed by atoms with E-state index in [-0.39, 0.29) is 11.8 Å². The Kier molecular flexibility index (Phi) is 4.58. The quantitative estimate of drug-likeness (QED) is 0.700. The van der Waals surface area contributed by atoms with Crippen molar-refractivity contribution in [3.05, 3.63) is 23.8 Å². The summed E-state index contributed by atoms with van der Waals surface area (Å²) >= 11 is 0. The number of benzene rings is 1. The first-order chi connectivity index (χ1) is 7.56. The van der Waals surface area contributed by atoms with Crippen LogP contribution in [0.2, 0.25) is 0 Å². The van der Waals surface area contributed by atoms with Crippen LogP contribution < -0.4 is 10.5 Å². The zero-order valence-corrected chi connectivity index (χ0v) is 9.68. The zero-order valence-electron chi connectivity index (χ0n) is 9.68. The molecular formula is C12H19NO3. The number of aliphatic hydroxyl groups is 1. The van der Waals surface area contributed by atoms with Crippen LogP contribution >= 0.6 is 0 Å². The third kappa shape index (κ3) is 3.12. The van der Waals surface area contributed by atoms with Gasteiger partial charge in [0, 0.05) is 6.04 Å². The van der Waals surface area contributed by atoms with Crippen molar-refractivity contribution >= 4 is 0 Å². The second kappa shape index (κ2) is 5.72. The number of ether oxygens (including phenoxy) is 1. The molecule has 4 N–H and O–H groups in total. The largest absolute Gasteiger partial charge is 0.504 e. The van der Waals surface area contributed by atoms with E-state index in [0.717, 1.165) is 5.56 Å². The van der Waals surface area contributed by atoms with Crippen molar-refractivity contribution < 1.29 is 14.9 Å². The minimum atomic E-state index is -0.550. The Morgan fingerprint density at radius 3 is 2.69 bits per heavy atom. The minimum Gasteiger partial charge on any atom is -0.504 e. The number of phenols is 1. The Bertz CT molecular complexity index is 339. The predicted molar refractivity (Wildman–Crippen MR) is 62.6 cm³/mol. The highest BCUT2D eigenvalue weighted by Crippen LogP contribution is 2.30. The molecule has 0 spiro atoms. The topological polar surface area (TPSA) is 75.7 Å². The molecule has 1 rings (SSSR count). The van der Waals surface area contributed by atoms with Gasteiger partial charge in [0.2, 0.25) is 0 Å². The van der Waals surface area contributed by atoms with Crippen LogP contribution in [0, 0.1) is 0 Å². The molecule has 1 aromatic rings. The number of methoxy groups -OCH3 is 1. The number of hydrogen-bond donors (Lipinski definition) is 3. The number of aliphatic hydroxyl groups excluding tert-OH is 1. The van der Waals surface area contributed by atoms with Gasteiger partial charge in [0.1, 0.15) is 0 Å². The summed E-state index contributed by atoms with van der Waals surface area (Å²) < 4.78 is 5.00. The molecule has 0 amide bonds. The summed E-state index contributed by atoms with van der Waals surface area (Å²) in [6.07, 6.45) is 0.551. The van der Waals surface area contributed by atoms with Crippen molar-refractivity contribution in [2.24, 2.45) is 5.73 Å². The highest BCUT2D eigenvalue weighted by molar-refractivity contribution is 5.45. The van der Waals surface area contributed by atoms with E-state index in [1.165, 1.54) is 7.11 Å². The van der Waals surface area contributed by atoms with Gasteiger partial charge in [-0.2, -0.15) is 0 Å². The summed E-state index contributed by atoms with van der Waals surface area (Å²) in [6, 6.07) is 5.06. The maximum atomic E-state index is 9.80. The van der Waals surface area contributed by atoms with Crippen molar-refractivity contribution in [1.29, 1.82) is 0 Å². The Morgan fingerprint density at radius 2 is 2.12 bits per heavy atom. The third-order valence-electron chi connectivity index (χ3n) is 2.62. The van der Waals surface area contributed by atoms with Gasteiger partial charge >= 0.3 is 0 Å². The molecule has 2 unspecified atom stereocenters. The molecule has 0 radical (unpaired) electrons. The Hall–Kier alpha value is -1.26. The van der Waals surface area contributed by atoms with E-state index in [2.05, 4.69) is 0 Å². The van der Waals surface area contributed by atoms with Gasteiger partial charge in [-0.25, -0.2) is 0 Å². The predicted octanol–water partition coefficient (Wildman–Crippen LogP) is 1.04. The maximum absolute atomic E-state index is 9.80. The molecule has 0 bridgehead atoms. The molecule has 90 valence electrons. The lowest BCUT2D eigenvalue weighted by Crippen LogP contribution is -2.31. The highest BCUT2D eigenvalue weighted by Gasteiger charge is 2.12. The number of phenolic OH excluding ortho intramolecular Hbond substituents is 1. The number of nitrogens with two attached hydrogens (primary N) is 1. The standard InChI is InChI=1S/C12H19NO3/c1-8(13)10(14)7-6-9-4-3-5-11(16-2)12(9)15/h3-5,8,10,14-15H,6-7,13H2,1-2H3. The Morgan fingerprint density at radius 1 is 1.44 bits per heavy atom. The SMILES string of the molecule is COc1cccc(CCC(O)C(C)N)c1O. The van der Waals surface area contributed by atoms with Crippen LogP contribution in [0.25, 0.3) is 0 Å². The van der Waals surface area contributed by atoms with Crippen LogP contribution in [0.4, 0.5) is 0 Å². The van der Waals surface area contributed by atoms with E-state index in [9.17, 15) is 10.2 Å². The van der Waals surface area contributed by atoms with Gasteiger partial charge in [-0.1, -0.05) is 12.1 Å². The Balaban J connectivity index is 2.67. The normalized spacial score (nSPS) is 14.5. The van der Waals surface area contributed by atoms with Gasteiger partial charge in [-0.3, -0.25) is 0 Å². The fourth-order valence-corrected chi connectivity index (χ4v) is 1.50. The number of hydrogen-bond acceptors (Lipinski definition) is 4. The smallest absolute Gasteiger partial charge is 0.160 e. The van der Waals surface area contributed by atoms with Gasteiger partial charge in [-0.05, 0) is 31.4 Å². The van der Waals surface area contributed by atoms with E-state index in [0.29, 0.717) is 18.6 Å². The lowest BCUT2D eigenvalue weighted by molar-refractivity contribution is 0.141. The third-order valence-corrected chi connectivity index (χ3v) is 2.62. The lowest BCUT2D eigenvalue weighted by atomic mass is 10.0. The van der Waals surface area contributed by atoms with E-state index in [1.807, 2.05) is 12.1 Å². The molecule has 1 aromatic carbocycles. The molecule has 16 heavy (non-hydrogen) atoms. The molecule has 2 atom stereocenters. The van der Waals surface area contributed by atoms with Crippen molar-refractivity contribution in [3.8, 4) is 11.5 Å². The van der Waals surface area contributed by atoms with Gasteiger partial charge in [0.15, 0.2) is 11.5 Å². The Labute approximate surface area is 95.7 Å². The molecule has 0 fully saturated rings. The number of rotatable bonds is 5. The highest BCUT2D eigenvalue weighted by atomic mass is 16.5. The lowest BCUT2D eigenvalue weighted by Gasteiger charge is -2.15. The average molecular weight is 225 g/mol. The van der Waals surface area contributed by atoms with Gasteiger partial charge in [0.25, 0.3) is 0 Å². The number of aryl methyl sites for hydroxylation is 1. The molecule has 0 saturated carbocycles. The molecule has 0 aromatic heterocycles. The molecule has 0 aliphatic heterocycles. The first-order valence-electron chi connectivity index (χ1n) is 5.34. The molecular weight excluding hydrogens is 206 g/mol. The fraction of sp³-hybridized carbons (Fsp3) is 0.500. The second-order valence-corrected chi connectivity index (χ2v) is 3.93. The first kappa shape index (κ1) is 12.8. The van der Waals surface area contributed by atoms with Crippen molar-refractivity contribution in [2.75, 3.05) is 7.11 Å². The average Bonchev–Trinajstić information content (AvgIpc) is 2.27. The zero-order chi connectivity index (χ0) is 12.1. The number of aromatic hydroxyl groups is 1. The van der Waals surface area contributed by atoms with Crippen molar-refractivity contribution in [1.82, 2.24) is 0 Å². The van der Waals surface area contributed by atoms with Crippen LogP contribution in [-0.2, 0) is 6.42 Å². The van der Waals surface area contributed by atoms with Crippen LogP contribution in [0.15, 0.2) is 18.2 Å². The van der Waals surface area contributed by atoms with E-state index in [1.54, 1.807) is 13.0 Å². The summed E-state index contributed by atoms with van der Waals surface area (Å²) in [6.45, 7) is 1.76.